The van der Waals surface area contributed by atoms with E-state index in [1.807, 2.05) is 59.3 Å². The normalized spacial score (nSPS) is 14.7. The summed E-state index contributed by atoms with van der Waals surface area (Å²) in [6, 6.07) is 6.15. The summed E-state index contributed by atoms with van der Waals surface area (Å²) in [7, 11) is 1.88. The number of carboxylic acids is 1. The van der Waals surface area contributed by atoms with Crippen molar-refractivity contribution in [2.75, 3.05) is 6.61 Å². The van der Waals surface area contributed by atoms with Crippen molar-refractivity contribution >= 4 is 17.3 Å². The Morgan fingerprint density at radius 2 is 2.10 bits per heavy atom. The van der Waals surface area contributed by atoms with Crippen molar-refractivity contribution in [3.63, 3.8) is 0 Å². The fourth-order valence-corrected chi connectivity index (χ4v) is 5.18. The molecule has 0 spiro atoms. The lowest BCUT2D eigenvalue weighted by atomic mass is 9.92. The molecule has 4 rings (SSSR count). The highest BCUT2D eigenvalue weighted by atomic mass is 32.1. The van der Waals surface area contributed by atoms with E-state index in [0.29, 0.717) is 5.56 Å². The maximum absolute atomic E-state index is 12.3. The molecule has 0 saturated carbocycles. The van der Waals surface area contributed by atoms with Crippen LogP contribution in [0.4, 0.5) is 0 Å². The largest absolute Gasteiger partial charge is 0.493 e. The Morgan fingerprint density at radius 3 is 2.74 bits per heavy atom. The van der Waals surface area contributed by atoms with Gasteiger partial charge in [-0.1, -0.05) is 6.07 Å². The first-order valence-electron chi connectivity index (χ1n) is 10.4. The Labute approximate surface area is 186 Å². The van der Waals surface area contributed by atoms with Gasteiger partial charge in [-0.2, -0.15) is 5.10 Å². The SMILES string of the molecule is Cc1sc(-c2cnn(C)c2)c(-c2ccc3c(c2)CCCO3)c1C(OC(C)(C)C)C(=O)O. The van der Waals surface area contributed by atoms with Gasteiger partial charge in [0.1, 0.15) is 5.75 Å². The molecule has 0 saturated heterocycles. The predicted molar refractivity (Wildman–Crippen MR) is 122 cm³/mol. The van der Waals surface area contributed by atoms with Crippen molar-refractivity contribution in [3.05, 3.63) is 46.6 Å². The minimum absolute atomic E-state index is 0.604. The van der Waals surface area contributed by atoms with E-state index in [1.165, 1.54) is 0 Å². The number of benzene rings is 1. The molecular weight excluding hydrogens is 412 g/mol. The summed E-state index contributed by atoms with van der Waals surface area (Å²) in [5, 5.41) is 14.4. The molecule has 7 heteroatoms. The average molecular weight is 441 g/mol. The molecule has 1 N–H and O–H groups in total. The summed E-state index contributed by atoms with van der Waals surface area (Å²) in [5.74, 6) is -0.0803. The Balaban J connectivity index is 1.95. The van der Waals surface area contributed by atoms with Crippen LogP contribution in [0.25, 0.3) is 21.6 Å². The van der Waals surface area contributed by atoms with Gasteiger partial charge in [-0.15, -0.1) is 11.3 Å². The van der Waals surface area contributed by atoms with Crippen molar-refractivity contribution in [3.8, 4) is 27.3 Å². The van der Waals surface area contributed by atoms with Gasteiger partial charge in [0.25, 0.3) is 0 Å². The van der Waals surface area contributed by atoms with Gasteiger partial charge in [-0.05, 0) is 63.8 Å². The van der Waals surface area contributed by atoms with Crippen LogP contribution in [0.1, 0.15) is 49.3 Å². The number of ether oxygens (including phenoxy) is 2. The van der Waals surface area contributed by atoms with E-state index in [0.717, 1.165) is 57.2 Å². The minimum Gasteiger partial charge on any atom is -0.493 e. The number of rotatable bonds is 5. The molecule has 0 bridgehead atoms. The molecule has 3 heterocycles. The van der Waals surface area contributed by atoms with Crippen LogP contribution in [0.5, 0.6) is 5.75 Å². The third-order valence-electron chi connectivity index (χ3n) is 5.25. The van der Waals surface area contributed by atoms with Crippen LogP contribution < -0.4 is 4.74 Å². The number of aromatic nitrogens is 2. The number of thiophene rings is 1. The Morgan fingerprint density at radius 1 is 1.32 bits per heavy atom. The van der Waals surface area contributed by atoms with Crippen LogP contribution in [-0.4, -0.2) is 33.1 Å². The molecule has 31 heavy (non-hydrogen) atoms. The average Bonchev–Trinajstić information content (AvgIpc) is 3.28. The highest BCUT2D eigenvalue weighted by molar-refractivity contribution is 7.16. The zero-order valence-corrected chi connectivity index (χ0v) is 19.4. The number of carbonyl (C=O) groups is 1. The molecule has 0 aliphatic carbocycles. The molecule has 1 aliphatic rings. The van der Waals surface area contributed by atoms with Crippen molar-refractivity contribution in [2.45, 2.75) is 52.2 Å². The summed E-state index contributed by atoms with van der Waals surface area (Å²) in [6.45, 7) is 8.33. The van der Waals surface area contributed by atoms with E-state index in [9.17, 15) is 9.90 Å². The molecule has 1 unspecified atom stereocenters. The quantitative estimate of drug-likeness (QED) is 0.576. The maximum Gasteiger partial charge on any atom is 0.337 e. The molecule has 0 amide bonds. The first-order valence-corrected chi connectivity index (χ1v) is 11.2. The van der Waals surface area contributed by atoms with Crippen LogP contribution in [0.3, 0.4) is 0 Å². The third kappa shape index (κ3) is 4.38. The Hall–Kier alpha value is -2.64. The number of carboxylic acid groups (broad SMARTS) is 1. The van der Waals surface area contributed by atoms with Crippen LogP contribution in [-0.2, 0) is 23.0 Å². The molecule has 3 aromatic rings. The number of hydrogen-bond donors (Lipinski definition) is 1. The van der Waals surface area contributed by atoms with Gasteiger partial charge in [0, 0.05) is 39.7 Å². The van der Waals surface area contributed by atoms with Crippen LogP contribution in [0, 0.1) is 6.92 Å². The fourth-order valence-electron chi connectivity index (χ4n) is 4.00. The van der Waals surface area contributed by atoms with Gasteiger partial charge in [0.15, 0.2) is 6.10 Å². The van der Waals surface area contributed by atoms with Gasteiger partial charge in [0.05, 0.1) is 18.4 Å². The van der Waals surface area contributed by atoms with Crippen LogP contribution in [0.2, 0.25) is 0 Å². The standard InChI is InChI=1S/C24H28N2O4S/c1-14-19(21(23(27)28)30-24(2,3)4)20(22(31-14)17-12-25-26(5)13-17)16-8-9-18-15(11-16)7-6-10-29-18/h8-9,11-13,21H,6-7,10H2,1-5H3,(H,27,28). The van der Waals surface area contributed by atoms with Gasteiger partial charge in [-0.3, -0.25) is 4.68 Å². The van der Waals surface area contributed by atoms with E-state index in [4.69, 9.17) is 9.47 Å². The van der Waals surface area contributed by atoms with E-state index >= 15 is 0 Å². The first-order chi connectivity index (χ1) is 14.6. The molecule has 1 aliphatic heterocycles. The zero-order chi connectivity index (χ0) is 22.3. The van der Waals surface area contributed by atoms with Crippen LogP contribution >= 0.6 is 11.3 Å². The highest BCUT2D eigenvalue weighted by Gasteiger charge is 2.34. The van der Waals surface area contributed by atoms with Crippen molar-refractivity contribution < 1.29 is 19.4 Å². The van der Waals surface area contributed by atoms with E-state index in [-0.39, 0.29) is 0 Å². The van der Waals surface area contributed by atoms with Crippen molar-refractivity contribution in [1.29, 1.82) is 0 Å². The van der Waals surface area contributed by atoms with Crippen molar-refractivity contribution in [1.82, 2.24) is 9.78 Å². The number of hydrogen-bond acceptors (Lipinski definition) is 5. The minimum atomic E-state index is -1.07. The van der Waals surface area contributed by atoms with E-state index in [2.05, 4.69) is 11.2 Å². The number of fused-ring (bicyclic) bond motifs is 1. The topological polar surface area (TPSA) is 73.6 Å². The Kier molecular flexibility index (Phi) is 5.66. The maximum atomic E-state index is 12.3. The van der Waals surface area contributed by atoms with Gasteiger partial charge in [0.2, 0.25) is 0 Å². The lowest BCUT2D eigenvalue weighted by Gasteiger charge is -2.26. The van der Waals surface area contributed by atoms with E-state index < -0.39 is 17.7 Å². The second-order valence-electron chi connectivity index (χ2n) is 8.90. The molecule has 0 radical (unpaired) electrons. The molecule has 2 aromatic heterocycles. The summed E-state index contributed by atoms with van der Waals surface area (Å²) in [5.41, 5.74) is 4.10. The lowest BCUT2D eigenvalue weighted by molar-refractivity contribution is -0.160. The Bertz CT molecular complexity index is 1120. The van der Waals surface area contributed by atoms with Gasteiger partial charge >= 0.3 is 5.97 Å². The highest BCUT2D eigenvalue weighted by Crippen LogP contribution is 2.47. The summed E-state index contributed by atoms with van der Waals surface area (Å²) in [4.78, 5) is 14.3. The molecule has 1 aromatic carbocycles. The fraction of sp³-hybridized carbons (Fsp3) is 0.417. The molecule has 1 atom stereocenters. The number of nitrogens with zero attached hydrogens (tertiary/aromatic N) is 2. The molecule has 0 fully saturated rings. The summed E-state index contributed by atoms with van der Waals surface area (Å²) >= 11 is 1.58. The number of aliphatic carboxylic acids is 1. The zero-order valence-electron chi connectivity index (χ0n) is 18.6. The summed E-state index contributed by atoms with van der Waals surface area (Å²) in [6.07, 6.45) is 4.64. The van der Waals surface area contributed by atoms with E-state index in [1.54, 1.807) is 16.0 Å². The predicted octanol–water partition coefficient (Wildman–Crippen LogP) is 5.39. The monoisotopic (exact) mass is 440 g/mol. The molecule has 164 valence electrons. The van der Waals surface area contributed by atoms with Crippen molar-refractivity contribution in [2.24, 2.45) is 7.05 Å². The lowest BCUT2D eigenvalue weighted by Crippen LogP contribution is -2.27. The van der Waals surface area contributed by atoms with Gasteiger partial charge in [-0.25, -0.2) is 4.79 Å². The smallest absolute Gasteiger partial charge is 0.337 e. The van der Waals surface area contributed by atoms with Gasteiger partial charge < -0.3 is 14.6 Å². The second-order valence-corrected chi connectivity index (χ2v) is 10.1. The molecule has 6 nitrogen and oxygen atoms in total. The second kappa shape index (κ2) is 8.13. The number of aryl methyl sites for hydroxylation is 3. The summed E-state index contributed by atoms with van der Waals surface area (Å²) < 4.78 is 13.6. The first kappa shape index (κ1) is 21.6. The third-order valence-corrected chi connectivity index (χ3v) is 6.42. The van der Waals surface area contributed by atoms with Crippen LogP contribution in [0.15, 0.2) is 30.6 Å². The molecular formula is C24H28N2O4S.